The van der Waals surface area contributed by atoms with Crippen LogP contribution in [0.15, 0.2) is 29.2 Å². The Labute approximate surface area is 84.5 Å². The zero-order valence-corrected chi connectivity index (χ0v) is 8.32. The van der Waals surface area contributed by atoms with E-state index in [9.17, 15) is 13.2 Å². The third kappa shape index (κ3) is 3.23. The van der Waals surface area contributed by atoms with Crippen LogP contribution < -0.4 is 5.73 Å². The standard InChI is InChI=1S/C9H10F3NS/c1-6(13)7-4-2-3-5-8(7)14-9(10,11)12/h2-6H,13H2,1H3/t6-/m0/s1. The Hall–Kier alpha value is -0.680. The van der Waals surface area contributed by atoms with Crippen LogP contribution in [0.25, 0.3) is 0 Å². The van der Waals surface area contributed by atoms with Gasteiger partial charge in [0.2, 0.25) is 0 Å². The Morgan fingerprint density at radius 1 is 1.29 bits per heavy atom. The van der Waals surface area contributed by atoms with Crippen molar-refractivity contribution >= 4 is 11.8 Å². The molecule has 14 heavy (non-hydrogen) atoms. The van der Waals surface area contributed by atoms with E-state index in [0.29, 0.717) is 5.56 Å². The average molecular weight is 221 g/mol. The number of halogens is 3. The molecule has 1 aromatic carbocycles. The monoisotopic (exact) mass is 221 g/mol. The Kier molecular flexibility index (Phi) is 3.44. The van der Waals surface area contributed by atoms with Gasteiger partial charge in [-0.05, 0) is 30.3 Å². The van der Waals surface area contributed by atoms with Gasteiger partial charge < -0.3 is 5.73 Å². The quantitative estimate of drug-likeness (QED) is 0.775. The van der Waals surface area contributed by atoms with Crippen molar-refractivity contribution in [3.8, 4) is 0 Å². The predicted molar refractivity (Wildman–Crippen MR) is 51.0 cm³/mol. The summed E-state index contributed by atoms with van der Waals surface area (Å²) in [7, 11) is 0. The molecule has 0 saturated heterocycles. The largest absolute Gasteiger partial charge is 0.446 e. The van der Waals surface area contributed by atoms with Gasteiger partial charge in [-0.25, -0.2) is 0 Å². The Morgan fingerprint density at radius 3 is 2.36 bits per heavy atom. The lowest BCUT2D eigenvalue weighted by atomic mass is 10.1. The molecule has 0 aliphatic carbocycles. The number of alkyl halides is 3. The molecule has 0 saturated carbocycles. The first-order chi connectivity index (χ1) is 6.40. The molecule has 1 atom stereocenters. The predicted octanol–water partition coefficient (Wildman–Crippen LogP) is 3.32. The molecule has 0 unspecified atom stereocenters. The summed E-state index contributed by atoms with van der Waals surface area (Å²) in [5, 5.41) is 0. The van der Waals surface area contributed by atoms with Gasteiger partial charge in [0.05, 0.1) is 0 Å². The summed E-state index contributed by atoms with van der Waals surface area (Å²) in [6, 6.07) is 5.90. The van der Waals surface area contributed by atoms with Gasteiger partial charge >= 0.3 is 5.51 Å². The number of rotatable bonds is 2. The molecule has 0 spiro atoms. The third-order valence-electron chi connectivity index (χ3n) is 1.64. The van der Waals surface area contributed by atoms with Gasteiger partial charge in [0.1, 0.15) is 0 Å². The summed E-state index contributed by atoms with van der Waals surface area (Å²) in [4.78, 5) is 0.176. The van der Waals surface area contributed by atoms with Crippen LogP contribution in [0.2, 0.25) is 0 Å². The van der Waals surface area contributed by atoms with Crippen molar-refractivity contribution in [3.63, 3.8) is 0 Å². The number of thioether (sulfide) groups is 1. The smallest absolute Gasteiger partial charge is 0.324 e. The van der Waals surface area contributed by atoms with E-state index in [0.717, 1.165) is 0 Å². The van der Waals surface area contributed by atoms with Crippen molar-refractivity contribution in [1.82, 2.24) is 0 Å². The summed E-state index contributed by atoms with van der Waals surface area (Å²) in [6.07, 6.45) is 0. The second kappa shape index (κ2) is 4.23. The molecule has 0 heterocycles. The van der Waals surface area contributed by atoms with Gasteiger partial charge in [-0.1, -0.05) is 18.2 Å². The van der Waals surface area contributed by atoms with Crippen molar-refractivity contribution in [1.29, 1.82) is 0 Å². The Morgan fingerprint density at radius 2 is 1.86 bits per heavy atom. The van der Waals surface area contributed by atoms with Gasteiger partial charge in [-0.2, -0.15) is 13.2 Å². The van der Waals surface area contributed by atoms with Crippen LogP contribution in [0.1, 0.15) is 18.5 Å². The lowest BCUT2D eigenvalue weighted by Gasteiger charge is -2.13. The van der Waals surface area contributed by atoms with E-state index in [4.69, 9.17) is 5.73 Å². The van der Waals surface area contributed by atoms with Gasteiger partial charge in [0.15, 0.2) is 0 Å². The average Bonchev–Trinajstić information content (AvgIpc) is 2.01. The number of hydrogen-bond acceptors (Lipinski definition) is 2. The highest BCUT2D eigenvalue weighted by Crippen LogP contribution is 2.39. The lowest BCUT2D eigenvalue weighted by Crippen LogP contribution is -2.08. The van der Waals surface area contributed by atoms with Crippen LogP contribution >= 0.6 is 11.8 Å². The fraction of sp³-hybridized carbons (Fsp3) is 0.333. The van der Waals surface area contributed by atoms with E-state index in [-0.39, 0.29) is 22.7 Å². The van der Waals surface area contributed by atoms with Crippen molar-refractivity contribution in [2.75, 3.05) is 0 Å². The van der Waals surface area contributed by atoms with Crippen LogP contribution in [0.4, 0.5) is 13.2 Å². The minimum Gasteiger partial charge on any atom is -0.324 e. The van der Waals surface area contributed by atoms with E-state index in [1.165, 1.54) is 6.07 Å². The highest BCUT2D eigenvalue weighted by Gasteiger charge is 2.30. The van der Waals surface area contributed by atoms with Gasteiger partial charge in [-0.3, -0.25) is 0 Å². The topological polar surface area (TPSA) is 26.0 Å². The maximum absolute atomic E-state index is 12.1. The van der Waals surface area contributed by atoms with Crippen LogP contribution in [0.3, 0.4) is 0 Å². The fourth-order valence-electron chi connectivity index (χ4n) is 1.07. The second-order valence-corrected chi connectivity index (χ2v) is 3.98. The van der Waals surface area contributed by atoms with Crippen LogP contribution in [0.5, 0.6) is 0 Å². The molecule has 0 aromatic heterocycles. The van der Waals surface area contributed by atoms with Crippen LogP contribution in [0, 0.1) is 0 Å². The minimum absolute atomic E-state index is 0.124. The molecular weight excluding hydrogens is 211 g/mol. The zero-order chi connectivity index (χ0) is 10.8. The van der Waals surface area contributed by atoms with Gasteiger partial charge in [0, 0.05) is 10.9 Å². The normalized spacial score (nSPS) is 14.1. The molecule has 0 bridgehead atoms. The van der Waals surface area contributed by atoms with E-state index >= 15 is 0 Å². The molecule has 0 fully saturated rings. The van der Waals surface area contributed by atoms with Crippen LogP contribution in [-0.4, -0.2) is 5.51 Å². The van der Waals surface area contributed by atoms with Crippen LogP contribution in [-0.2, 0) is 0 Å². The number of hydrogen-bond donors (Lipinski definition) is 1. The first kappa shape index (κ1) is 11.4. The maximum atomic E-state index is 12.1. The van der Waals surface area contributed by atoms with Crippen molar-refractivity contribution in [2.45, 2.75) is 23.4 Å². The van der Waals surface area contributed by atoms with E-state index < -0.39 is 5.51 Å². The fourth-order valence-corrected chi connectivity index (χ4v) is 1.84. The maximum Gasteiger partial charge on any atom is 0.446 e. The van der Waals surface area contributed by atoms with Gasteiger partial charge in [0.25, 0.3) is 0 Å². The highest BCUT2D eigenvalue weighted by atomic mass is 32.2. The SMILES string of the molecule is C[C@H](N)c1ccccc1SC(F)(F)F. The summed E-state index contributed by atoms with van der Waals surface area (Å²) in [5.41, 5.74) is 1.82. The summed E-state index contributed by atoms with van der Waals surface area (Å²) in [6.45, 7) is 1.66. The first-order valence-electron chi connectivity index (χ1n) is 4.00. The Bertz CT molecular complexity index is 309. The molecule has 2 N–H and O–H groups in total. The van der Waals surface area contributed by atoms with Crippen molar-refractivity contribution in [3.05, 3.63) is 29.8 Å². The molecule has 1 nitrogen and oxygen atoms in total. The second-order valence-electron chi connectivity index (χ2n) is 2.87. The van der Waals surface area contributed by atoms with Gasteiger partial charge in [-0.15, -0.1) is 0 Å². The minimum atomic E-state index is -4.26. The van der Waals surface area contributed by atoms with E-state index in [1.807, 2.05) is 0 Å². The summed E-state index contributed by atoms with van der Waals surface area (Å²) in [5.74, 6) is 0. The Balaban J connectivity index is 2.96. The molecule has 1 aromatic rings. The molecule has 0 aliphatic rings. The zero-order valence-electron chi connectivity index (χ0n) is 7.51. The van der Waals surface area contributed by atoms with E-state index in [1.54, 1.807) is 25.1 Å². The highest BCUT2D eigenvalue weighted by molar-refractivity contribution is 8.00. The summed E-state index contributed by atoms with van der Waals surface area (Å²) >= 11 is -0.124. The van der Waals surface area contributed by atoms with Crippen molar-refractivity contribution < 1.29 is 13.2 Å². The third-order valence-corrected chi connectivity index (χ3v) is 2.46. The summed E-state index contributed by atoms with van der Waals surface area (Å²) < 4.78 is 36.3. The molecular formula is C9H10F3NS. The molecule has 5 heteroatoms. The van der Waals surface area contributed by atoms with Crippen molar-refractivity contribution in [2.24, 2.45) is 5.73 Å². The molecule has 0 amide bonds. The molecule has 0 radical (unpaired) electrons. The number of nitrogens with two attached hydrogens (primary N) is 1. The van der Waals surface area contributed by atoms with E-state index in [2.05, 4.69) is 0 Å². The first-order valence-corrected chi connectivity index (χ1v) is 4.82. The molecule has 0 aliphatic heterocycles. The molecule has 1 rings (SSSR count). The number of benzene rings is 1. The molecule has 78 valence electrons. The lowest BCUT2D eigenvalue weighted by molar-refractivity contribution is -0.0328.